The zero-order valence-electron chi connectivity index (χ0n) is 49.4. The molecule has 0 bridgehead atoms. The van der Waals surface area contributed by atoms with E-state index in [2.05, 4.69) is 126 Å². The van der Waals surface area contributed by atoms with Gasteiger partial charge in [0.2, 0.25) is 0 Å². The highest BCUT2D eigenvalue weighted by molar-refractivity contribution is 5.73. The molecule has 454 valence electrons. The van der Waals surface area contributed by atoms with Gasteiger partial charge in [-0.1, -0.05) is 13.8 Å². The number of quaternary nitrogens is 7. The topological polar surface area (TPSA) is 181 Å². The number of halogens is 5. The zero-order valence-corrected chi connectivity index (χ0v) is 53.1. The van der Waals surface area contributed by atoms with Crippen LogP contribution in [0.3, 0.4) is 0 Å². The van der Waals surface area contributed by atoms with Crippen LogP contribution < -0.4 is 72.7 Å². The number of urea groups is 1. The third kappa shape index (κ3) is 54.9. The van der Waals surface area contributed by atoms with Crippen molar-refractivity contribution in [2.24, 2.45) is 0 Å². The molecular weight excluding hydrogens is 1060 g/mol. The minimum atomic E-state index is -0.0528. The van der Waals surface area contributed by atoms with Gasteiger partial charge < -0.3 is 144 Å². The van der Waals surface area contributed by atoms with Crippen LogP contribution in [-0.2, 0) is 9.47 Å². The molecular formula is C51H118Cl5N9O9+2. The fourth-order valence-corrected chi connectivity index (χ4v) is 7.79. The number of nitrogens with one attached hydrogen (secondary N) is 2. The molecule has 2 amide bonds. The minimum absolute atomic E-state index is 0. The van der Waals surface area contributed by atoms with E-state index in [1.165, 1.54) is 26.1 Å². The molecule has 0 aromatic carbocycles. The molecule has 0 saturated heterocycles. The lowest BCUT2D eigenvalue weighted by molar-refractivity contribution is -0.946. The van der Waals surface area contributed by atoms with Gasteiger partial charge in [0.1, 0.15) is 65.4 Å². The maximum Gasteiger partial charge on any atom is 0.314 e. The summed E-state index contributed by atoms with van der Waals surface area (Å²) < 4.78 is 16.4. The van der Waals surface area contributed by atoms with E-state index in [1.54, 1.807) is 7.11 Å². The van der Waals surface area contributed by atoms with Crippen LogP contribution in [0.25, 0.3) is 0 Å². The van der Waals surface area contributed by atoms with Gasteiger partial charge in [0.05, 0.1) is 176 Å². The lowest BCUT2D eigenvalue weighted by Gasteiger charge is -2.36. The Bertz CT molecular complexity index is 1220. The number of aliphatic hydroxyl groups excluding tert-OH is 6. The Morgan fingerprint density at radius 1 is 0.405 bits per heavy atom. The summed E-state index contributed by atoms with van der Waals surface area (Å²) in [7, 11) is 26.1. The Morgan fingerprint density at radius 3 is 1.08 bits per heavy atom. The first kappa shape index (κ1) is 90.1. The monoisotopic (exact) mass is 1180 g/mol. The van der Waals surface area contributed by atoms with E-state index >= 15 is 0 Å². The quantitative estimate of drug-likeness (QED) is 0.0168. The van der Waals surface area contributed by atoms with Crippen molar-refractivity contribution in [1.82, 2.24) is 10.6 Å². The van der Waals surface area contributed by atoms with E-state index in [1.807, 2.05) is 0 Å². The first-order valence-electron chi connectivity index (χ1n) is 26.1. The average Bonchev–Trinajstić information content (AvgIpc) is 3.25. The molecule has 0 aliphatic carbocycles. The standard InChI is InChI=1S/C22H48N3O6.C17H39N4O2.C12H30N2O.5ClH/c1-23(2,7-3-5-9-24(11-17-26,12-18-27)13-19-28)8-4-6-10-25(14-20-29,15-21-30)16-22-31;1-7-15-23-16-14-21(5,6)13-9-11-19-17(22)18-10-8-12-20(2,3)4;1-7-8-13(2,3)9-10-14(4,5)11-12-15-6;;;;;/h3-6,26-31H,7-22H2,1-2H3;7-16H2,1-6H3,(H-,18,19,22);7-12H2,1-6H3;5*1H/q+3;+1;+2;;;;;/p-4/b5-3+,6-4+;;;;;;;. The summed E-state index contributed by atoms with van der Waals surface area (Å²) in [5.74, 6) is 0. The lowest BCUT2D eigenvalue weighted by atomic mass is 10.2. The molecule has 18 nitrogen and oxygen atoms in total. The number of nitrogens with zero attached hydrogens (tertiary/aromatic N) is 7. The van der Waals surface area contributed by atoms with E-state index in [0.29, 0.717) is 61.3 Å². The van der Waals surface area contributed by atoms with Crippen molar-refractivity contribution in [3.63, 3.8) is 0 Å². The van der Waals surface area contributed by atoms with Crippen LogP contribution in [-0.4, -0.2) is 336 Å². The second kappa shape index (κ2) is 52.0. The van der Waals surface area contributed by atoms with E-state index in [9.17, 15) is 35.4 Å². The predicted octanol–water partition coefficient (Wildman–Crippen LogP) is -14.7. The van der Waals surface area contributed by atoms with Crippen molar-refractivity contribution >= 4 is 6.03 Å². The number of rotatable bonds is 41. The SMILES string of the molecule is CCCOCC[N+](C)(C)CCCNC(=O)NCCC[N+](C)(C)C.CCC[N+](C)(C)CC[N+](C)(C)CCOC.C[N+](C)(C/C=C/C[N+](CCO)(CCO)CCO)C/C=C/C[N+](CCO)(CCO)CCO.[Cl-].[Cl-].[Cl-].[Cl-].[Cl-]. The van der Waals surface area contributed by atoms with Crippen LogP contribution in [0.15, 0.2) is 24.3 Å². The Morgan fingerprint density at radius 2 is 0.743 bits per heavy atom. The molecule has 0 aliphatic heterocycles. The lowest BCUT2D eigenvalue weighted by Crippen LogP contribution is -3.00. The molecule has 0 saturated carbocycles. The number of hydrogen-bond acceptors (Lipinski definition) is 9. The van der Waals surface area contributed by atoms with Crippen molar-refractivity contribution in [1.29, 1.82) is 0 Å². The molecule has 0 heterocycles. The highest BCUT2D eigenvalue weighted by atomic mass is 35.5. The van der Waals surface area contributed by atoms with Crippen molar-refractivity contribution < 1.29 is 138 Å². The number of carbonyl (C=O) groups excluding carboxylic acids is 1. The third-order valence-electron chi connectivity index (χ3n) is 12.7. The molecule has 0 aliphatic rings. The van der Waals surface area contributed by atoms with Crippen LogP contribution >= 0.6 is 0 Å². The number of methoxy groups -OCH3 is 1. The maximum absolute atomic E-state index is 11.7. The molecule has 74 heavy (non-hydrogen) atoms. The second-order valence-electron chi connectivity index (χ2n) is 22.6. The Kier molecular flexibility index (Phi) is 63.3. The molecule has 0 aromatic heterocycles. The summed E-state index contributed by atoms with van der Waals surface area (Å²) in [5, 5.41) is 62.0. The van der Waals surface area contributed by atoms with Gasteiger partial charge >= 0.3 is 6.03 Å². The molecule has 0 unspecified atom stereocenters. The fourth-order valence-electron chi connectivity index (χ4n) is 7.79. The largest absolute Gasteiger partial charge is 1.00 e. The van der Waals surface area contributed by atoms with E-state index in [-0.39, 0.29) is 108 Å². The van der Waals surface area contributed by atoms with Gasteiger partial charge in [-0.15, -0.1) is 0 Å². The number of amides is 2. The summed E-state index contributed by atoms with van der Waals surface area (Å²) in [6, 6.07) is -0.0528. The highest BCUT2D eigenvalue weighted by Crippen LogP contribution is 2.09. The number of likely N-dealkylation sites (N-methyl/N-ethyl adjacent to an activating group) is 4. The molecule has 0 spiro atoms. The smallest absolute Gasteiger partial charge is 0.314 e. The molecule has 0 atom stereocenters. The molecule has 0 rings (SSSR count). The van der Waals surface area contributed by atoms with Gasteiger partial charge in [-0.05, 0) is 37.1 Å². The van der Waals surface area contributed by atoms with Crippen LogP contribution in [0.2, 0.25) is 0 Å². The van der Waals surface area contributed by atoms with E-state index in [4.69, 9.17) is 9.47 Å². The van der Waals surface area contributed by atoms with Crippen molar-refractivity contribution in [3.05, 3.63) is 24.3 Å². The summed E-state index contributed by atoms with van der Waals surface area (Å²) in [4.78, 5) is 11.7. The van der Waals surface area contributed by atoms with Gasteiger partial charge in [0.25, 0.3) is 0 Å². The van der Waals surface area contributed by atoms with Gasteiger partial charge in [-0.3, -0.25) is 0 Å². The summed E-state index contributed by atoms with van der Waals surface area (Å²) >= 11 is 0. The van der Waals surface area contributed by atoms with Crippen molar-refractivity contribution in [2.45, 2.75) is 39.5 Å². The first-order valence-corrected chi connectivity index (χ1v) is 26.1. The number of ether oxygens (including phenoxy) is 2. The summed E-state index contributed by atoms with van der Waals surface area (Å²) in [6.07, 6.45) is 12.7. The highest BCUT2D eigenvalue weighted by Gasteiger charge is 2.26. The number of aliphatic hydroxyl groups is 6. The average molecular weight is 1180 g/mol. The fraction of sp³-hybridized carbons (Fsp3) is 0.902. The predicted molar refractivity (Wildman–Crippen MR) is 284 cm³/mol. The van der Waals surface area contributed by atoms with Gasteiger partial charge in [-0.25, -0.2) is 4.79 Å². The van der Waals surface area contributed by atoms with E-state index in [0.717, 1.165) is 114 Å². The number of carbonyl (C=O) groups is 1. The van der Waals surface area contributed by atoms with Gasteiger partial charge in [0, 0.05) is 39.6 Å². The van der Waals surface area contributed by atoms with Crippen LogP contribution in [0.4, 0.5) is 4.79 Å². The summed E-state index contributed by atoms with van der Waals surface area (Å²) in [6.45, 7) is 22.3. The molecule has 8 N–H and O–H groups in total. The van der Waals surface area contributed by atoms with Gasteiger partial charge in [-0.2, -0.15) is 0 Å². The van der Waals surface area contributed by atoms with Crippen molar-refractivity contribution in [3.8, 4) is 0 Å². The maximum atomic E-state index is 11.7. The zero-order chi connectivity index (χ0) is 53.4. The molecule has 0 fully saturated rings. The van der Waals surface area contributed by atoms with Crippen LogP contribution in [0, 0.1) is 0 Å². The second-order valence-corrected chi connectivity index (χ2v) is 22.6. The van der Waals surface area contributed by atoms with Gasteiger partial charge in [0.15, 0.2) is 0 Å². The number of hydrogen-bond donors (Lipinski definition) is 8. The Hall–Kier alpha value is -0.400. The van der Waals surface area contributed by atoms with E-state index < -0.39 is 0 Å². The van der Waals surface area contributed by atoms with Crippen LogP contribution in [0.1, 0.15) is 39.5 Å². The molecule has 23 heteroatoms. The third-order valence-corrected chi connectivity index (χ3v) is 12.7. The minimum Gasteiger partial charge on any atom is -1.00 e. The first-order chi connectivity index (χ1) is 32.3. The van der Waals surface area contributed by atoms with Crippen LogP contribution in [0.5, 0.6) is 0 Å². The molecule has 0 radical (unpaired) electrons. The summed E-state index contributed by atoms with van der Waals surface area (Å²) in [5.41, 5.74) is 0. The molecule has 0 aromatic rings. The van der Waals surface area contributed by atoms with Crippen molar-refractivity contribution in [2.75, 3.05) is 268 Å². The normalized spacial score (nSPS) is 12.2. The Balaban J connectivity index is -0.000000150. The Labute approximate surface area is 484 Å².